The maximum atomic E-state index is 11.9. The molecule has 1 saturated carbocycles. The molecular formula is C11H21ClN2O2. The maximum Gasteiger partial charge on any atom is 0.251 e. The Balaban J connectivity index is 0.00000128. The van der Waals surface area contributed by atoms with Crippen molar-refractivity contribution in [2.45, 2.75) is 31.9 Å². The number of likely N-dealkylation sites (tertiary alicyclic amines) is 1. The lowest BCUT2D eigenvalue weighted by Crippen LogP contribution is -2.39. The SMILES string of the molecule is COC(C)C(=O)N1CC2CCC(N)C2C1.Cl. The Hall–Kier alpha value is -0.320. The molecule has 0 aromatic carbocycles. The molecule has 1 aliphatic carbocycles. The van der Waals surface area contributed by atoms with Crippen LogP contribution in [0.3, 0.4) is 0 Å². The molecule has 1 amide bonds. The number of ether oxygens (including phenoxy) is 1. The van der Waals surface area contributed by atoms with Crippen LogP contribution in [0.25, 0.3) is 0 Å². The average Bonchev–Trinajstić information content (AvgIpc) is 2.79. The number of methoxy groups -OCH3 is 1. The highest BCUT2D eigenvalue weighted by atomic mass is 35.5. The van der Waals surface area contributed by atoms with Gasteiger partial charge in [0.2, 0.25) is 0 Å². The minimum atomic E-state index is -0.319. The summed E-state index contributed by atoms with van der Waals surface area (Å²) in [4.78, 5) is 13.8. The van der Waals surface area contributed by atoms with E-state index in [-0.39, 0.29) is 24.4 Å². The lowest BCUT2D eigenvalue weighted by molar-refractivity contribution is -0.140. The van der Waals surface area contributed by atoms with Crippen LogP contribution in [0.4, 0.5) is 0 Å². The third kappa shape index (κ3) is 2.34. The zero-order valence-electron chi connectivity index (χ0n) is 9.89. The van der Waals surface area contributed by atoms with E-state index in [0.717, 1.165) is 19.5 Å². The Bertz CT molecular complexity index is 262. The molecule has 0 aromatic heterocycles. The summed E-state index contributed by atoms with van der Waals surface area (Å²) in [5, 5.41) is 0. The molecule has 94 valence electrons. The van der Waals surface area contributed by atoms with Crippen LogP contribution >= 0.6 is 12.4 Å². The largest absolute Gasteiger partial charge is 0.372 e. The van der Waals surface area contributed by atoms with Crippen molar-refractivity contribution >= 4 is 18.3 Å². The first kappa shape index (κ1) is 13.7. The number of carbonyl (C=O) groups is 1. The number of nitrogens with two attached hydrogens (primary N) is 1. The van der Waals surface area contributed by atoms with Crippen molar-refractivity contribution < 1.29 is 9.53 Å². The third-order valence-corrected chi connectivity index (χ3v) is 3.93. The Morgan fingerprint density at radius 1 is 1.44 bits per heavy atom. The molecule has 0 aromatic rings. The quantitative estimate of drug-likeness (QED) is 0.780. The molecule has 5 heteroatoms. The number of carbonyl (C=O) groups excluding carboxylic acids is 1. The smallest absolute Gasteiger partial charge is 0.251 e. The highest BCUT2D eigenvalue weighted by molar-refractivity contribution is 5.85. The molecule has 2 aliphatic rings. The molecule has 1 heterocycles. The van der Waals surface area contributed by atoms with Gasteiger partial charge in [-0.05, 0) is 31.6 Å². The number of hydrogen-bond donors (Lipinski definition) is 1. The van der Waals surface area contributed by atoms with Gasteiger partial charge < -0.3 is 15.4 Å². The molecule has 4 unspecified atom stereocenters. The van der Waals surface area contributed by atoms with Gasteiger partial charge in [-0.1, -0.05) is 0 Å². The Morgan fingerprint density at radius 2 is 2.12 bits per heavy atom. The summed E-state index contributed by atoms with van der Waals surface area (Å²) in [6.07, 6.45) is 1.98. The summed E-state index contributed by atoms with van der Waals surface area (Å²) in [5.41, 5.74) is 6.02. The number of fused-ring (bicyclic) bond motifs is 1. The number of nitrogens with zero attached hydrogens (tertiary/aromatic N) is 1. The minimum Gasteiger partial charge on any atom is -0.372 e. The van der Waals surface area contributed by atoms with Crippen LogP contribution in [0.2, 0.25) is 0 Å². The molecule has 2 fully saturated rings. The van der Waals surface area contributed by atoms with Crippen LogP contribution in [-0.4, -0.2) is 43.2 Å². The minimum absolute atomic E-state index is 0. The van der Waals surface area contributed by atoms with Gasteiger partial charge >= 0.3 is 0 Å². The lowest BCUT2D eigenvalue weighted by atomic mass is 9.98. The molecule has 2 N–H and O–H groups in total. The number of rotatable bonds is 2. The van der Waals surface area contributed by atoms with Crippen LogP contribution in [0.5, 0.6) is 0 Å². The topological polar surface area (TPSA) is 55.6 Å². The number of halogens is 1. The van der Waals surface area contributed by atoms with Crippen molar-refractivity contribution in [1.29, 1.82) is 0 Å². The Morgan fingerprint density at radius 3 is 2.69 bits per heavy atom. The second-order valence-electron chi connectivity index (χ2n) is 4.79. The van der Waals surface area contributed by atoms with E-state index in [4.69, 9.17) is 10.5 Å². The fourth-order valence-electron chi connectivity index (χ4n) is 2.85. The molecule has 0 radical (unpaired) electrons. The van der Waals surface area contributed by atoms with Gasteiger partial charge in [0.25, 0.3) is 5.91 Å². The average molecular weight is 249 g/mol. The van der Waals surface area contributed by atoms with Crippen molar-refractivity contribution in [3.8, 4) is 0 Å². The van der Waals surface area contributed by atoms with Gasteiger partial charge in [0.1, 0.15) is 6.10 Å². The normalized spacial score (nSPS) is 34.4. The van der Waals surface area contributed by atoms with E-state index in [1.54, 1.807) is 14.0 Å². The molecular weight excluding hydrogens is 228 g/mol. The summed E-state index contributed by atoms with van der Waals surface area (Å²) in [6, 6.07) is 0.297. The van der Waals surface area contributed by atoms with Crippen LogP contribution in [-0.2, 0) is 9.53 Å². The highest BCUT2D eigenvalue weighted by Gasteiger charge is 2.43. The van der Waals surface area contributed by atoms with Gasteiger partial charge in [-0.15, -0.1) is 12.4 Å². The van der Waals surface area contributed by atoms with E-state index >= 15 is 0 Å². The van der Waals surface area contributed by atoms with Gasteiger partial charge in [-0.25, -0.2) is 0 Å². The number of amides is 1. The monoisotopic (exact) mass is 248 g/mol. The molecule has 16 heavy (non-hydrogen) atoms. The summed E-state index contributed by atoms with van der Waals surface area (Å²) >= 11 is 0. The summed E-state index contributed by atoms with van der Waals surface area (Å²) < 4.78 is 5.05. The van der Waals surface area contributed by atoms with E-state index in [0.29, 0.717) is 17.9 Å². The first-order valence-electron chi connectivity index (χ1n) is 5.70. The molecule has 1 aliphatic heterocycles. The van der Waals surface area contributed by atoms with Crippen molar-refractivity contribution in [3.05, 3.63) is 0 Å². The van der Waals surface area contributed by atoms with Gasteiger partial charge in [0, 0.05) is 26.2 Å². The Kier molecular flexibility index (Phi) is 4.59. The van der Waals surface area contributed by atoms with Crippen molar-refractivity contribution in [3.63, 3.8) is 0 Å². The lowest BCUT2D eigenvalue weighted by Gasteiger charge is -2.21. The maximum absolute atomic E-state index is 11.9. The van der Waals surface area contributed by atoms with Crippen LogP contribution in [0.15, 0.2) is 0 Å². The van der Waals surface area contributed by atoms with E-state index in [9.17, 15) is 4.79 Å². The number of hydrogen-bond acceptors (Lipinski definition) is 3. The van der Waals surface area contributed by atoms with E-state index in [1.165, 1.54) is 6.42 Å². The summed E-state index contributed by atoms with van der Waals surface area (Å²) in [6.45, 7) is 3.51. The standard InChI is InChI=1S/C11H20N2O2.ClH/c1-7(15-2)11(14)13-5-8-3-4-10(12)9(8)6-13;/h7-10H,3-6,12H2,1-2H3;1H. The van der Waals surface area contributed by atoms with Gasteiger partial charge in [-0.3, -0.25) is 4.79 Å². The predicted molar refractivity (Wildman–Crippen MR) is 64.5 cm³/mol. The van der Waals surface area contributed by atoms with Gasteiger partial charge in [0.05, 0.1) is 0 Å². The van der Waals surface area contributed by atoms with Crippen molar-refractivity contribution in [1.82, 2.24) is 4.90 Å². The van der Waals surface area contributed by atoms with Crippen LogP contribution < -0.4 is 5.73 Å². The molecule has 4 nitrogen and oxygen atoms in total. The first-order valence-corrected chi connectivity index (χ1v) is 5.70. The second kappa shape index (κ2) is 5.34. The molecule has 1 saturated heterocycles. The zero-order chi connectivity index (χ0) is 11.0. The first-order chi connectivity index (χ1) is 7.13. The molecule has 2 rings (SSSR count). The molecule has 0 bridgehead atoms. The van der Waals surface area contributed by atoms with E-state index < -0.39 is 0 Å². The van der Waals surface area contributed by atoms with Crippen LogP contribution in [0, 0.1) is 11.8 Å². The fraction of sp³-hybridized carbons (Fsp3) is 0.909. The molecule has 0 spiro atoms. The van der Waals surface area contributed by atoms with E-state index in [2.05, 4.69) is 0 Å². The van der Waals surface area contributed by atoms with Gasteiger partial charge in [-0.2, -0.15) is 0 Å². The van der Waals surface area contributed by atoms with E-state index in [1.807, 2.05) is 4.90 Å². The van der Waals surface area contributed by atoms with Crippen molar-refractivity contribution in [2.75, 3.05) is 20.2 Å². The predicted octanol–water partition coefficient (Wildman–Crippen LogP) is 0.639. The van der Waals surface area contributed by atoms with Gasteiger partial charge in [0.15, 0.2) is 0 Å². The fourth-order valence-corrected chi connectivity index (χ4v) is 2.85. The second-order valence-corrected chi connectivity index (χ2v) is 4.79. The zero-order valence-corrected chi connectivity index (χ0v) is 10.7. The van der Waals surface area contributed by atoms with Crippen molar-refractivity contribution in [2.24, 2.45) is 17.6 Å². The molecule has 4 atom stereocenters. The summed E-state index contributed by atoms with van der Waals surface area (Å²) in [5.74, 6) is 1.27. The highest BCUT2D eigenvalue weighted by Crippen LogP contribution is 2.37. The summed E-state index contributed by atoms with van der Waals surface area (Å²) in [7, 11) is 1.57. The van der Waals surface area contributed by atoms with Crippen LogP contribution in [0.1, 0.15) is 19.8 Å². The third-order valence-electron chi connectivity index (χ3n) is 3.93. The Labute approximate surface area is 103 Å².